The molecule has 2 N–H and O–H groups in total. The van der Waals surface area contributed by atoms with Crippen molar-refractivity contribution >= 4 is 11.9 Å². The molecule has 1 saturated heterocycles. The smallest absolute Gasteiger partial charge is 0.326 e. The number of hydrogen-bond donors (Lipinski definition) is 2. The summed E-state index contributed by atoms with van der Waals surface area (Å²) in [6.45, 7) is 0.596. The van der Waals surface area contributed by atoms with E-state index in [0.717, 1.165) is 25.7 Å². The molecule has 1 aliphatic carbocycles. The van der Waals surface area contributed by atoms with Crippen LogP contribution in [-0.4, -0.2) is 35.7 Å². The molecule has 16 heavy (non-hydrogen) atoms. The molecule has 2 rings (SSSR count). The summed E-state index contributed by atoms with van der Waals surface area (Å²) < 4.78 is 5.32. The van der Waals surface area contributed by atoms with Crippen LogP contribution >= 0.6 is 0 Å². The number of carboxylic acid groups (broad SMARTS) is 1. The summed E-state index contributed by atoms with van der Waals surface area (Å²) >= 11 is 0. The Labute approximate surface area is 94.2 Å². The van der Waals surface area contributed by atoms with Crippen LogP contribution in [0.5, 0.6) is 0 Å². The van der Waals surface area contributed by atoms with E-state index in [9.17, 15) is 9.59 Å². The van der Waals surface area contributed by atoms with Crippen LogP contribution in [-0.2, 0) is 14.3 Å². The highest BCUT2D eigenvalue weighted by Gasteiger charge is 2.38. The lowest BCUT2D eigenvalue weighted by molar-refractivity contribution is -0.146. The van der Waals surface area contributed by atoms with Gasteiger partial charge in [-0.15, -0.1) is 0 Å². The van der Waals surface area contributed by atoms with E-state index in [1.807, 2.05) is 0 Å². The van der Waals surface area contributed by atoms with Crippen molar-refractivity contribution in [1.82, 2.24) is 5.32 Å². The monoisotopic (exact) mass is 227 g/mol. The van der Waals surface area contributed by atoms with E-state index >= 15 is 0 Å². The van der Waals surface area contributed by atoms with Gasteiger partial charge < -0.3 is 15.2 Å². The predicted octanol–water partition coefficient (Wildman–Crippen LogP) is 0.535. The summed E-state index contributed by atoms with van der Waals surface area (Å²) in [5, 5.41) is 11.6. The molecule has 2 aliphatic rings. The van der Waals surface area contributed by atoms with E-state index in [0.29, 0.717) is 13.0 Å². The van der Waals surface area contributed by atoms with Gasteiger partial charge in [0.25, 0.3) is 0 Å². The number of aliphatic carboxylic acids is 1. The van der Waals surface area contributed by atoms with Crippen molar-refractivity contribution in [3.63, 3.8) is 0 Å². The Morgan fingerprint density at radius 1 is 1.25 bits per heavy atom. The number of carboxylic acids is 1. The number of rotatable bonds is 4. The normalized spacial score (nSPS) is 27.1. The molecule has 5 heteroatoms. The first kappa shape index (κ1) is 11.4. The summed E-state index contributed by atoms with van der Waals surface area (Å²) in [6, 6.07) is -0.724. The Balaban J connectivity index is 1.86. The van der Waals surface area contributed by atoms with Gasteiger partial charge in [0.15, 0.2) is 0 Å². The highest BCUT2D eigenvalue weighted by atomic mass is 16.5. The Morgan fingerprint density at radius 3 is 2.50 bits per heavy atom. The van der Waals surface area contributed by atoms with E-state index < -0.39 is 18.1 Å². The average Bonchev–Trinajstić information content (AvgIpc) is 3.10. The molecule has 1 saturated carbocycles. The van der Waals surface area contributed by atoms with Crippen molar-refractivity contribution in [3.8, 4) is 0 Å². The molecule has 1 amide bonds. The highest BCUT2D eigenvalue weighted by molar-refractivity contribution is 5.86. The zero-order valence-electron chi connectivity index (χ0n) is 9.15. The number of hydrogen-bond acceptors (Lipinski definition) is 3. The zero-order chi connectivity index (χ0) is 11.5. The third kappa shape index (κ3) is 2.72. The Kier molecular flexibility index (Phi) is 3.43. The van der Waals surface area contributed by atoms with Gasteiger partial charge in [-0.25, -0.2) is 4.79 Å². The molecular formula is C11H17NO4. The van der Waals surface area contributed by atoms with Gasteiger partial charge in [-0.2, -0.15) is 0 Å². The zero-order valence-corrected chi connectivity index (χ0v) is 9.15. The van der Waals surface area contributed by atoms with Crippen LogP contribution in [0, 0.1) is 5.92 Å². The van der Waals surface area contributed by atoms with Crippen molar-refractivity contribution in [2.45, 2.75) is 44.2 Å². The Morgan fingerprint density at radius 2 is 2.00 bits per heavy atom. The molecule has 0 spiro atoms. The van der Waals surface area contributed by atoms with Gasteiger partial charge in [-0.1, -0.05) is 0 Å². The van der Waals surface area contributed by atoms with Crippen molar-refractivity contribution in [3.05, 3.63) is 0 Å². The van der Waals surface area contributed by atoms with E-state index in [-0.39, 0.29) is 11.8 Å². The third-order valence-electron chi connectivity index (χ3n) is 3.13. The number of ether oxygens (including phenoxy) is 1. The predicted molar refractivity (Wildman–Crippen MR) is 55.9 cm³/mol. The topological polar surface area (TPSA) is 75.6 Å². The van der Waals surface area contributed by atoms with E-state index in [2.05, 4.69) is 5.32 Å². The van der Waals surface area contributed by atoms with Gasteiger partial charge in [0.05, 0.1) is 0 Å². The molecule has 1 heterocycles. The summed E-state index contributed by atoms with van der Waals surface area (Å²) in [5.41, 5.74) is 0. The number of amides is 1. The van der Waals surface area contributed by atoms with Crippen LogP contribution in [0.1, 0.15) is 32.1 Å². The van der Waals surface area contributed by atoms with Gasteiger partial charge in [0, 0.05) is 6.61 Å². The second-order valence-corrected chi connectivity index (χ2v) is 4.52. The van der Waals surface area contributed by atoms with Crippen LogP contribution < -0.4 is 5.32 Å². The van der Waals surface area contributed by atoms with Crippen molar-refractivity contribution < 1.29 is 19.4 Å². The van der Waals surface area contributed by atoms with Crippen LogP contribution in [0.25, 0.3) is 0 Å². The summed E-state index contributed by atoms with van der Waals surface area (Å²) in [7, 11) is 0. The Bertz CT molecular complexity index is 282. The summed E-state index contributed by atoms with van der Waals surface area (Å²) in [4.78, 5) is 22.7. The van der Waals surface area contributed by atoms with Crippen molar-refractivity contribution in [1.29, 1.82) is 0 Å². The molecular weight excluding hydrogens is 210 g/mol. The molecule has 0 aromatic carbocycles. The molecule has 2 unspecified atom stereocenters. The van der Waals surface area contributed by atoms with Gasteiger partial charge in [-0.05, 0) is 38.0 Å². The molecule has 90 valence electrons. The fourth-order valence-corrected chi connectivity index (χ4v) is 2.00. The summed E-state index contributed by atoms with van der Waals surface area (Å²) in [6.07, 6.45) is 3.98. The first-order chi connectivity index (χ1) is 7.68. The standard InChI is InChI=1S/C11H17NO4/c13-10(8-3-1-2-6-16-8)12-9(11(14)15)7-4-5-7/h7-9H,1-6H2,(H,12,13)(H,14,15). The van der Waals surface area contributed by atoms with Gasteiger partial charge in [0.2, 0.25) is 5.91 Å². The third-order valence-corrected chi connectivity index (χ3v) is 3.13. The molecule has 1 aliphatic heterocycles. The highest BCUT2D eigenvalue weighted by Crippen LogP contribution is 2.32. The van der Waals surface area contributed by atoms with Crippen LogP contribution in [0.4, 0.5) is 0 Å². The SMILES string of the molecule is O=C(NC(C(=O)O)C1CC1)C1CCCCO1. The first-order valence-corrected chi connectivity index (χ1v) is 5.83. The second-order valence-electron chi connectivity index (χ2n) is 4.52. The quantitative estimate of drug-likeness (QED) is 0.734. The van der Waals surface area contributed by atoms with Crippen molar-refractivity contribution in [2.24, 2.45) is 5.92 Å². The maximum atomic E-state index is 11.7. The lowest BCUT2D eigenvalue weighted by Crippen LogP contribution is -2.48. The molecule has 2 fully saturated rings. The fourth-order valence-electron chi connectivity index (χ4n) is 2.00. The molecule has 2 atom stereocenters. The lowest BCUT2D eigenvalue weighted by Gasteiger charge is -2.23. The number of nitrogens with one attached hydrogen (secondary N) is 1. The molecule has 0 radical (unpaired) electrons. The minimum absolute atomic E-state index is 0.116. The first-order valence-electron chi connectivity index (χ1n) is 5.83. The Hall–Kier alpha value is -1.10. The van der Waals surface area contributed by atoms with E-state index in [4.69, 9.17) is 9.84 Å². The van der Waals surface area contributed by atoms with Gasteiger partial charge >= 0.3 is 5.97 Å². The van der Waals surface area contributed by atoms with Gasteiger partial charge in [0.1, 0.15) is 12.1 Å². The molecule has 0 aromatic rings. The molecule has 5 nitrogen and oxygen atoms in total. The number of carbonyl (C=O) groups excluding carboxylic acids is 1. The van der Waals surface area contributed by atoms with Gasteiger partial charge in [-0.3, -0.25) is 4.79 Å². The average molecular weight is 227 g/mol. The largest absolute Gasteiger partial charge is 0.480 e. The second kappa shape index (κ2) is 4.82. The van der Waals surface area contributed by atoms with Crippen molar-refractivity contribution in [2.75, 3.05) is 6.61 Å². The van der Waals surface area contributed by atoms with E-state index in [1.165, 1.54) is 0 Å². The maximum absolute atomic E-state index is 11.7. The minimum atomic E-state index is -0.938. The van der Waals surface area contributed by atoms with Crippen LogP contribution in [0.2, 0.25) is 0 Å². The summed E-state index contributed by atoms with van der Waals surface area (Å²) in [5.74, 6) is -1.09. The molecule has 0 aromatic heterocycles. The maximum Gasteiger partial charge on any atom is 0.326 e. The van der Waals surface area contributed by atoms with Crippen LogP contribution in [0.3, 0.4) is 0 Å². The lowest BCUT2D eigenvalue weighted by atomic mass is 10.1. The minimum Gasteiger partial charge on any atom is -0.480 e. The van der Waals surface area contributed by atoms with E-state index in [1.54, 1.807) is 0 Å². The number of carbonyl (C=O) groups is 2. The molecule has 0 bridgehead atoms. The fraction of sp³-hybridized carbons (Fsp3) is 0.818. The van der Waals surface area contributed by atoms with Crippen LogP contribution in [0.15, 0.2) is 0 Å².